The van der Waals surface area contributed by atoms with Crippen LogP contribution in [0.4, 0.5) is 5.82 Å². The lowest BCUT2D eigenvalue weighted by Gasteiger charge is -2.22. The van der Waals surface area contributed by atoms with Crippen LogP contribution in [0.25, 0.3) is 21.5 Å². The second kappa shape index (κ2) is 37.2. The van der Waals surface area contributed by atoms with Gasteiger partial charge in [-0.15, -0.1) is 0 Å². The maximum Gasteiger partial charge on any atom is 0.328 e. The lowest BCUT2D eigenvalue weighted by molar-refractivity contribution is -0.162. The number of Topliss-reactive ketones (excluding diaryl/α,β-unsaturated/α-hetero) is 2. The van der Waals surface area contributed by atoms with Crippen molar-refractivity contribution >= 4 is 103 Å². The molecule has 0 radical (unpaired) electrons. The van der Waals surface area contributed by atoms with Gasteiger partial charge in [0.2, 0.25) is 5.91 Å². The minimum atomic E-state index is -1.34. The molecule has 1 aliphatic heterocycles. The molecular formula is C58H75N11O19S2. The highest BCUT2D eigenvalue weighted by Crippen LogP contribution is 2.36. The summed E-state index contributed by atoms with van der Waals surface area (Å²) >= 11 is 0. The number of carbonyl (C=O) groups is 10. The summed E-state index contributed by atoms with van der Waals surface area (Å²) in [5, 5.41) is 24.2. The van der Waals surface area contributed by atoms with Crippen LogP contribution in [-0.2, 0) is 61.9 Å². The maximum atomic E-state index is 13.6. The summed E-state index contributed by atoms with van der Waals surface area (Å²) in [6, 6.07) is 7.07. The molecule has 4 amide bonds. The summed E-state index contributed by atoms with van der Waals surface area (Å²) in [6.07, 6.45) is -0.882. The Morgan fingerprint density at radius 2 is 1.50 bits per heavy atom. The minimum Gasteiger partial charge on any atom is -0.491 e. The number of fused-ring (bicyclic) bond motifs is 1. The third-order valence-electron chi connectivity index (χ3n) is 13.2. The number of ether oxygens (including phenoxy) is 8. The van der Waals surface area contributed by atoms with Crippen molar-refractivity contribution in [3.63, 3.8) is 0 Å². The van der Waals surface area contributed by atoms with Crippen LogP contribution in [0.1, 0.15) is 126 Å². The molecule has 1 aliphatic rings. The van der Waals surface area contributed by atoms with Crippen molar-refractivity contribution < 1.29 is 90.9 Å². The fourth-order valence-electron chi connectivity index (χ4n) is 8.43. The predicted molar refractivity (Wildman–Crippen MR) is 329 cm³/mol. The molecule has 1 fully saturated rings. The van der Waals surface area contributed by atoms with Crippen molar-refractivity contribution in [2.75, 3.05) is 73.2 Å². The second-order valence-electron chi connectivity index (χ2n) is 20.6. The van der Waals surface area contributed by atoms with E-state index in [9.17, 15) is 58.6 Å². The fraction of sp³-hybridized carbons (Fsp3) is 0.483. The van der Waals surface area contributed by atoms with Gasteiger partial charge in [0, 0.05) is 65.6 Å². The first-order valence-corrected chi connectivity index (χ1v) is 27.6. The molecule has 7 N–H and O–H groups in total. The topological polar surface area (TPSA) is 418 Å². The van der Waals surface area contributed by atoms with E-state index in [0.717, 1.165) is 39.5 Å². The van der Waals surface area contributed by atoms with E-state index in [1.165, 1.54) is 19.3 Å². The molecular weight excluding hydrogens is 1220 g/mol. The number of aliphatic hydroxyl groups is 1. The minimum absolute atomic E-state index is 0. The lowest BCUT2D eigenvalue weighted by atomic mass is 9.97. The van der Waals surface area contributed by atoms with Gasteiger partial charge in [-0.25, -0.2) is 14.8 Å². The molecule has 0 bridgehead atoms. The number of benzene rings is 2. The number of nitrogen functional groups attached to an aromatic ring is 1. The van der Waals surface area contributed by atoms with Crippen molar-refractivity contribution in [3.05, 3.63) is 93.2 Å². The Bertz CT molecular complexity index is 3320. The Labute approximate surface area is 531 Å². The Kier molecular flexibility index (Phi) is 31.2. The van der Waals surface area contributed by atoms with Gasteiger partial charge in [-0.05, 0) is 82.8 Å². The SMILES string of the molecule is COC(=O)CC[C@H](NC(=O)c1cc(C(=O)NCCCC(=O)c2cccc(OCC(N=[N+]=[N-])OCCOCC(=O)NCC#Cc3cn([C@H]4C[C@H](OC(=O)C(C)(C)C)[C@@H](CO)O4)c4ncnc(N)c34)c2)cc(C(=O)N[C@@H](CCC(=O)OC)C(=O)OC)c1)C(C)=O.S.S. The standard InChI is InChI=1S/C58H71N11O19.2H2S/c1-33(71)40(15-17-48(74)81-5)65-54(77)37-23-36(24-38(25-37)55(78)66-41(56(79)83-7)16-18-49(75)82-6)53(76)62-20-10-14-42(72)34-11-8-13-39(26-34)86-31-46(67-68-60)85-22-21-84-30-45(73)61-19-9-12-35-28-69(52-50(35)51(59)63-32-64-52)47-27-43(44(29-70)87-47)88-57(80)58(2,3)4;;/h8,11,13,23-26,28,32,40-41,43-44,46-47,70H,10,14-22,27,29-31H2,1-7H3,(H,61,73)(H,62,76)(H,65,77)(H,66,78)(H2,59,63,64);2*1H2/t40-,41-,43-,44+,46?,47+;;/m0../s1. The highest BCUT2D eigenvalue weighted by Gasteiger charge is 2.41. The molecule has 90 heavy (non-hydrogen) atoms. The molecule has 6 atom stereocenters. The average Bonchev–Trinajstić information content (AvgIpc) is 1.82. The van der Waals surface area contributed by atoms with Crippen LogP contribution < -0.4 is 31.7 Å². The highest BCUT2D eigenvalue weighted by molar-refractivity contribution is 7.59. The maximum absolute atomic E-state index is 13.6. The average molecular weight is 1290 g/mol. The number of rotatable bonds is 32. The number of esters is 4. The number of amides is 4. The van der Waals surface area contributed by atoms with Gasteiger partial charge in [0.25, 0.3) is 17.7 Å². The molecule has 1 unspecified atom stereocenters. The van der Waals surface area contributed by atoms with Crippen LogP contribution >= 0.6 is 27.0 Å². The van der Waals surface area contributed by atoms with Crippen LogP contribution in [0, 0.1) is 17.3 Å². The van der Waals surface area contributed by atoms with Gasteiger partial charge >= 0.3 is 23.9 Å². The van der Waals surface area contributed by atoms with E-state index in [1.807, 2.05) is 0 Å². The van der Waals surface area contributed by atoms with E-state index in [2.05, 4.69) is 62.6 Å². The molecule has 0 saturated carbocycles. The lowest BCUT2D eigenvalue weighted by Crippen LogP contribution is -2.42. The van der Waals surface area contributed by atoms with E-state index in [-0.39, 0.29) is 158 Å². The molecule has 4 aromatic rings. The third-order valence-corrected chi connectivity index (χ3v) is 13.2. The van der Waals surface area contributed by atoms with Gasteiger partial charge in [0.1, 0.15) is 61.2 Å². The number of hydrogen-bond donors (Lipinski definition) is 6. The van der Waals surface area contributed by atoms with Crippen LogP contribution in [0.5, 0.6) is 5.75 Å². The Morgan fingerprint density at radius 1 is 0.856 bits per heavy atom. The van der Waals surface area contributed by atoms with Gasteiger partial charge in [-0.3, -0.25) is 43.2 Å². The number of aromatic nitrogens is 3. The molecule has 0 aliphatic carbocycles. The Balaban J connectivity index is 0.0000106. The van der Waals surface area contributed by atoms with Gasteiger partial charge < -0.3 is 74.6 Å². The van der Waals surface area contributed by atoms with Gasteiger partial charge in [0.15, 0.2) is 17.8 Å². The molecule has 0 spiro atoms. The number of carbonyl (C=O) groups excluding carboxylic acids is 10. The largest absolute Gasteiger partial charge is 0.491 e. The molecule has 5 rings (SSSR count). The highest BCUT2D eigenvalue weighted by atomic mass is 32.1. The predicted octanol–water partition coefficient (Wildman–Crippen LogP) is 2.95. The number of nitrogens with two attached hydrogens (primary N) is 1. The summed E-state index contributed by atoms with van der Waals surface area (Å²) in [5.41, 5.74) is 15.0. The first kappa shape index (κ1) is 75.4. The Morgan fingerprint density at radius 3 is 2.11 bits per heavy atom. The van der Waals surface area contributed by atoms with Crippen molar-refractivity contribution in [2.45, 2.75) is 109 Å². The van der Waals surface area contributed by atoms with Crippen LogP contribution in [0.3, 0.4) is 0 Å². The number of ketones is 2. The molecule has 2 aromatic carbocycles. The van der Waals surface area contributed by atoms with Gasteiger partial charge in [-0.1, -0.05) is 29.1 Å². The molecule has 488 valence electrons. The first-order chi connectivity index (χ1) is 42.0. The number of methoxy groups -OCH3 is 3. The number of anilines is 1. The van der Waals surface area contributed by atoms with Crippen LogP contribution in [0.15, 0.2) is 60.1 Å². The molecule has 1 saturated heterocycles. The van der Waals surface area contributed by atoms with Crippen LogP contribution in [0.2, 0.25) is 0 Å². The smallest absolute Gasteiger partial charge is 0.328 e. The van der Waals surface area contributed by atoms with E-state index >= 15 is 0 Å². The summed E-state index contributed by atoms with van der Waals surface area (Å²) < 4.78 is 44.3. The van der Waals surface area contributed by atoms with E-state index in [1.54, 1.807) is 49.7 Å². The van der Waals surface area contributed by atoms with Gasteiger partial charge in [0.05, 0.1) is 70.1 Å². The summed E-state index contributed by atoms with van der Waals surface area (Å²) in [5.74, 6) is -0.301. The van der Waals surface area contributed by atoms with E-state index in [0.29, 0.717) is 16.6 Å². The monoisotopic (exact) mass is 1290 g/mol. The number of nitrogens with one attached hydrogen (secondary N) is 4. The van der Waals surface area contributed by atoms with Crippen molar-refractivity contribution in [3.8, 4) is 17.6 Å². The van der Waals surface area contributed by atoms with Crippen LogP contribution in [-0.4, -0.2) is 177 Å². The normalized spacial score (nSPS) is 15.0. The van der Waals surface area contributed by atoms with E-state index in [4.69, 9.17) is 34.2 Å². The van der Waals surface area contributed by atoms with Crippen molar-refractivity contribution in [2.24, 2.45) is 10.5 Å². The molecule has 3 heterocycles. The molecule has 32 heteroatoms. The zero-order valence-corrected chi connectivity index (χ0v) is 52.6. The first-order valence-electron chi connectivity index (χ1n) is 27.6. The third kappa shape index (κ3) is 23.0. The number of azide groups is 1. The number of nitrogens with zero attached hydrogens (tertiary/aromatic N) is 6. The second-order valence-corrected chi connectivity index (χ2v) is 20.6. The van der Waals surface area contributed by atoms with E-state index < -0.39 is 95.5 Å². The Hall–Kier alpha value is -8.83. The summed E-state index contributed by atoms with van der Waals surface area (Å²) in [6.45, 7) is 5.03. The van der Waals surface area contributed by atoms with Crippen molar-refractivity contribution in [1.82, 2.24) is 35.8 Å². The summed E-state index contributed by atoms with van der Waals surface area (Å²) in [7, 11) is 3.39. The van der Waals surface area contributed by atoms with Crippen molar-refractivity contribution in [1.29, 1.82) is 0 Å². The zero-order valence-electron chi connectivity index (χ0n) is 50.6. The number of hydrogen-bond acceptors (Lipinski definition) is 23. The summed E-state index contributed by atoms with van der Waals surface area (Å²) in [4.78, 5) is 139. The molecule has 30 nitrogen and oxygen atoms in total. The number of aliphatic hydroxyl groups excluding tert-OH is 1. The zero-order chi connectivity index (χ0) is 64.5. The fourth-order valence-corrected chi connectivity index (χ4v) is 8.43. The molecule has 2 aromatic heterocycles. The van der Waals surface area contributed by atoms with Gasteiger partial charge in [-0.2, -0.15) is 27.0 Å². The quantitative estimate of drug-likeness (QED) is 0.00598.